The molecule has 2 heterocycles. The summed E-state index contributed by atoms with van der Waals surface area (Å²) in [5, 5.41) is 5.87. The van der Waals surface area contributed by atoms with E-state index in [9.17, 15) is 22.8 Å². The van der Waals surface area contributed by atoms with Crippen LogP contribution in [0.4, 0.5) is 19.0 Å². The molecule has 1 atom stereocenters. The lowest BCUT2D eigenvalue weighted by molar-refractivity contribution is -0.138. The molecule has 1 aliphatic carbocycles. The van der Waals surface area contributed by atoms with Gasteiger partial charge in [0.05, 0.1) is 5.56 Å². The number of hydrogen-bond donors (Lipinski definition) is 2. The molecule has 34 heavy (non-hydrogen) atoms. The maximum Gasteiger partial charge on any atom is 0.416 e. The van der Waals surface area contributed by atoms with Gasteiger partial charge in [0.15, 0.2) is 5.78 Å². The summed E-state index contributed by atoms with van der Waals surface area (Å²) in [6.45, 7) is 7.38. The highest BCUT2D eigenvalue weighted by molar-refractivity contribution is 6.09. The summed E-state index contributed by atoms with van der Waals surface area (Å²) < 4.78 is 42.1. The lowest BCUT2D eigenvalue weighted by atomic mass is 9.68. The number of aryl methyl sites for hydroxylation is 1. The first-order valence-corrected chi connectivity index (χ1v) is 11.0. The molecule has 1 aliphatic heterocycles. The number of nitrogens with one attached hydrogen (secondary N) is 2. The number of amides is 1. The summed E-state index contributed by atoms with van der Waals surface area (Å²) in [6.07, 6.45) is -2.43. The topological polar surface area (TPSA) is 71.1 Å². The monoisotopic (exact) mass is 469 g/mol. The molecule has 2 aliphatic rings. The van der Waals surface area contributed by atoms with Crippen LogP contribution in [0.25, 0.3) is 0 Å². The summed E-state index contributed by atoms with van der Waals surface area (Å²) in [7, 11) is 0. The van der Waals surface area contributed by atoms with E-state index in [0.29, 0.717) is 17.8 Å². The smallest absolute Gasteiger partial charge is 0.362 e. The number of benzene rings is 1. The molecule has 1 aromatic heterocycles. The first kappa shape index (κ1) is 23.7. The van der Waals surface area contributed by atoms with E-state index in [4.69, 9.17) is 0 Å². The maximum absolute atomic E-state index is 14.0. The highest BCUT2D eigenvalue weighted by atomic mass is 19.4. The molecule has 1 aromatic carbocycles. The second-order valence-corrected chi connectivity index (χ2v) is 9.69. The fourth-order valence-electron chi connectivity index (χ4n) is 4.84. The van der Waals surface area contributed by atoms with Gasteiger partial charge in [-0.25, -0.2) is 4.98 Å². The molecule has 0 unspecified atom stereocenters. The number of pyridine rings is 1. The third-order valence-corrected chi connectivity index (χ3v) is 6.22. The van der Waals surface area contributed by atoms with E-state index >= 15 is 0 Å². The SMILES string of the molecule is CC1=C(C(=O)Nc2cc(C)ccn2)[C@H](c2ccccc2C(F)(F)F)C2=C(CC(C)(C)CC2=O)N1. The summed E-state index contributed by atoms with van der Waals surface area (Å²) in [6, 6.07) is 8.58. The van der Waals surface area contributed by atoms with Crippen molar-refractivity contribution in [3.8, 4) is 0 Å². The number of carbonyl (C=O) groups is 2. The Morgan fingerprint density at radius 1 is 1.15 bits per heavy atom. The molecule has 8 heteroatoms. The molecule has 0 saturated heterocycles. The van der Waals surface area contributed by atoms with Gasteiger partial charge in [-0.15, -0.1) is 0 Å². The van der Waals surface area contributed by atoms with Crippen molar-refractivity contribution < 1.29 is 22.8 Å². The summed E-state index contributed by atoms with van der Waals surface area (Å²) in [4.78, 5) is 30.9. The Balaban J connectivity index is 1.89. The third-order valence-electron chi connectivity index (χ3n) is 6.22. The quantitative estimate of drug-likeness (QED) is 0.609. The Morgan fingerprint density at radius 3 is 2.53 bits per heavy atom. The van der Waals surface area contributed by atoms with Gasteiger partial charge in [0.2, 0.25) is 0 Å². The zero-order chi connectivity index (χ0) is 24.8. The minimum absolute atomic E-state index is 0.0758. The van der Waals surface area contributed by atoms with Crippen molar-refractivity contribution in [2.24, 2.45) is 5.41 Å². The Labute approximate surface area is 196 Å². The van der Waals surface area contributed by atoms with E-state index in [-0.39, 0.29) is 40.1 Å². The Bertz CT molecular complexity index is 1240. The highest BCUT2D eigenvalue weighted by Gasteiger charge is 2.45. The first-order valence-electron chi connectivity index (χ1n) is 11.0. The molecule has 0 spiro atoms. The van der Waals surface area contributed by atoms with E-state index in [1.54, 1.807) is 19.1 Å². The summed E-state index contributed by atoms with van der Waals surface area (Å²) in [5.41, 5.74) is 0.837. The van der Waals surface area contributed by atoms with Gasteiger partial charge >= 0.3 is 6.18 Å². The average Bonchev–Trinajstić information content (AvgIpc) is 2.71. The Kier molecular flexibility index (Phi) is 5.87. The molecule has 0 fully saturated rings. The van der Waals surface area contributed by atoms with Crippen LogP contribution in [-0.4, -0.2) is 16.7 Å². The maximum atomic E-state index is 14.0. The van der Waals surface area contributed by atoms with E-state index in [1.165, 1.54) is 24.4 Å². The van der Waals surface area contributed by atoms with Gasteiger partial charge in [0.1, 0.15) is 5.82 Å². The number of aromatic nitrogens is 1. The van der Waals surface area contributed by atoms with Crippen LogP contribution < -0.4 is 10.6 Å². The van der Waals surface area contributed by atoms with Crippen LogP contribution in [0.3, 0.4) is 0 Å². The minimum Gasteiger partial charge on any atom is -0.362 e. The number of anilines is 1. The molecule has 178 valence electrons. The fraction of sp³-hybridized carbons (Fsp3) is 0.346. The van der Waals surface area contributed by atoms with Gasteiger partial charge < -0.3 is 10.6 Å². The number of nitrogens with zero attached hydrogens (tertiary/aromatic N) is 1. The largest absolute Gasteiger partial charge is 0.416 e. The minimum atomic E-state index is -4.65. The van der Waals surface area contributed by atoms with Crippen molar-refractivity contribution in [1.82, 2.24) is 10.3 Å². The normalized spacial score (nSPS) is 20.1. The molecule has 1 amide bonds. The zero-order valence-corrected chi connectivity index (χ0v) is 19.4. The molecule has 5 nitrogen and oxygen atoms in total. The lowest BCUT2D eigenvalue weighted by Crippen LogP contribution is -2.39. The van der Waals surface area contributed by atoms with Crippen molar-refractivity contribution in [2.75, 3.05) is 5.32 Å². The van der Waals surface area contributed by atoms with E-state index < -0.39 is 23.6 Å². The first-order chi connectivity index (χ1) is 15.9. The van der Waals surface area contributed by atoms with Crippen LogP contribution in [-0.2, 0) is 15.8 Å². The van der Waals surface area contributed by atoms with E-state index in [1.807, 2.05) is 20.8 Å². The van der Waals surface area contributed by atoms with Gasteiger partial charge in [-0.2, -0.15) is 13.2 Å². The average molecular weight is 470 g/mol. The predicted molar refractivity (Wildman–Crippen MR) is 123 cm³/mol. The molecular weight excluding hydrogens is 443 g/mol. The highest BCUT2D eigenvalue weighted by Crippen LogP contribution is 2.49. The molecule has 4 rings (SSSR count). The van der Waals surface area contributed by atoms with Crippen molar-refractivity contribution in [2.45, 2.75) is 52.6 Å². The van der Waals surface area contributed by atoms with Gasteiger partial charge in [-0.05, 0) is 55.0 Å². The Hall–Kier alpha value is -3.42. The Morgan fingerprint density at radius 2 is 1.85 bits per heavy atom. The molecule has 2 N–H and O–H groups in total. The number of hydrogen-bond acceptors (Lipinski definition) is 4. The number of Topliss-reactive ketones (excluding diaryl/α,β-unsaturated/α-hetero) is 1. The van der Waals surface area contributed by atoms with E-state index in [2.05, 4.69) is 15.6 Å². The van der Waals surface area contributed by atoms with Crippen molar-refractivity contribution in [3.05, 3.63) is 81.8 Å². The summed E-state index contributed by atoms with van der Waals surface area (Å²) in [5.74, 6) is -1.73. The molecular formula is C26H26F3N3O2. The molecule has 0 radical (unpaired) electrons. The zero-order valence-electron chi connectivity index (χ0n) is 19.4. The van der Waals surface area contributed by atoms with Gasteiger partial charge in [0, 0.05) is 41.1 Å². The third kappa shape index (κ3) is 4.49. The molecule has 0 saturated carbocycles. The second-order valence-electron chi connectivity index (χ2n) is 9.69. The standard InChI is InChI=1S/C26H26F3N3O2/c1-14-9-10-30-20(11-14)32-24(34)21-15(2)31-18-12-25(3,4)13-19(33)23(18)22(21)16-7-5-6-8-17(16)26(27,28)29/h5-11,22,31H,12-13H2,1-4H3,(H,30,32,34)/t22-/m0/s1. The second kappa shape index (κ2) is 8.42. The number of dihydropyridines is 1. The molecule has 0 bridgehead atoms. The lowest BCUT2D eigenvalue weighted by Gasteiger charge is -2.40. The van der Waals surface area contributed by atoms with Crippen molar-refractivity contribution in [3.63, 3.8) is 0 Å². The number of ketones is 1. The summed E-state index contributed by atoms with van der Waals surface area (Å²) >= 11 is 0. The van der Waals surface area contributed by atoms with Crippen molar-refractivity contribution >= 4 is 17.5 Å². The number of carbonyl (C=O) groups excluding carboxylic acids is 2. The van der Waals surface area contributed by atoms with Crippen LogP contribution in [0.15, 0.2) is 65.1 Å². The number of allylic oxidation sites excluding steroid dienone is 3. The number of rotatable bonds is 3. The van der Waals surface area contributed by atoms with Crippen LogP contribution in [0.2, 0.25) is 0 Å². The van der Waals surface area contributed by atoms with Crippen LogP contribution in [0, 0.1) is 12.3 Å². The number of halogens is 3. The number of alkyl halides is 3. The van der Waals surface area contributed by atoms with Crippen LogP contribution in [0.1, 0.15) is 56.2 Å². The van der Waals surface area contributed by atoms with Crippen LogP contribution >= 0.6 is 0 Å². The van der Waals surface area contributed by atoms with Gasteiger partial charge in [-0.1, -0.05) is 32.0 Å². The van der Waals surface area contributed by atoms with E-state index in [0.717, 1.165) is 11.6 Å². The molecule has 2 aromatic rings. The van der Waals surface area contributed by atoms with Gasteiger partial charge in [-0.3, -0.25) is 9.59 Å². The van der Waals surface area contributed by atoms with Gasteiger partial charge in [0.25, 0.3) is 5.91 Å². The van der Waals surface area contributed by atoms with Crippen molar-refractivity contribution in [1.29, 1.82) is 0 Å². The fourth-order valence-corrected chi connectivity index (χ4v) is 4.84. The predicted octanol–water partition coefficient (Wildman–Crippen LogP) is 5.65. The van der Waals surface area contributed by atoms with Crippen LogP contribution in [0.5, 0.6) is 0 Å².